The highest BCUT2D eigenvalue weighted by molar-refractivity contribution is 6.23. The van der Waals surface area contributed by atoms with Gasteiger partial charge in [-0.25, -0.2) is 0 Å². The molecule has 0 bridgehead atoms. The number of phenolic OH excluding ortho intramolecular Hbond substituents is 1. The molecule has 1 aromatic carbocycles. The van der Waals surface area contributed by atoms with Crippen LogP contribution >= 0.6 is 0 Å². The molecule has 190 valence electrons. The Morgan fingerprint density at radius 3 is 2.43 bits per heavy atom. The number of Topliss-reactive ketones (excluding diaryl/α,β-unsaturated/α-hetero) is 3. The Kier molecular flexibility index (Phi) is 7.49. The molecule has 0 saturated heterocycles. The number of nitrogens with zero attached hydrogens (tertiary/aromatic N) is 1. The van der Waals surface area contributed by atoms with Crippen LogP contribution in [-0.2, 0) is 32.0 Å². The number of aryl methyl sites for hydroxylation is 1. The summed E-state index contributed by atoms with van der Waals surface area (Å²) in [7, 11) is 3.25. The van der Waals surface area contributed by atoms with E-state index < -0.39 is 59.7 Å². The second kappa shape index (κ2) is 9.88. The zero-order valence-electron chi connectivity index (χ0n) is 20.1. The third-order valence-electron chi connectivity index (χ3n) is 7.23. The van der Waals surface area contributed by atoms with Gasteiger partial charge in [0.15, 0.2) is 11.4 Å². The lowest BCUT2D eigenvalue weighted by Crippen LogP contribution is -2.64. The number of carbonyl (C=O) groups is 4. The molecule has 1 amide bonds. The van der Waals surface area contributed by atoms with Crippen molar-refractivity contribution in [3.63, 3.8) is 0 Å². The number of rotatable bonds is 9. The number of aromatic hydroxyl groups is 1. The molecule has 0 radical (unpaired) electrons. The van der Waals surface area contributed by atoms with E-state index in [1.54, 1.807) is 25.1 Å². The van der Waals surface area contributed by atoms with Crippen molar-refractivity contribution in [1.82, 2.24) is 4.90 Å². The zero-order valence-corrected chi connectivity index (χ0v) is 20.1. The fourth-order valence-electron chi connectivity index (χ4n) is 5.45. The second-order valence-electron chi connectivity index (χ2n) is 9.68. The Morgan fingerprint density at radius 1 is 1.23 bits per heavy atom. The summed E-state index contributed by atoms with van der Waals surface area (Å²) < 4.78 is 0. The van der Waals surface area contributed by atoms with Crippen LogP contribution in [0.25, 0.3) is 5.76 Å². The smallest absolute Gasteiger partial charge is 0.225 e. The topological polar surface area (TPSA) is 178 Å². The summed E-state index contributed by atoms with van der Waals surface area (Å²) in [6.07, 6.45) is -0.000868. The first-order chi connectivity index (χ1) is 16.3. The highest BCUT2D eigenvalue weighted by Crippen LogP contribution is 2.49. The van der Waals surface area contributed by atoms with Crippen LogP contribution < -0.4 is 5.73 Å². The van der Waals surface area contributed by atoms with E-state index in [0.29, 0.717) is 12.0 Å². The summed E-state index contributed by atoms with van der Waals surface area (Å²) >= 11 is 0. The van der Waals surface area contributed by atoms with Crippen LogP contribution in [0.5, 0.6) is 5.75 Å². The van der Waals surface area contributed by atoms with Gasteiger partial charge in [0.25, 0.3) is 0 Å². The van der Waals surface area contributed by atoms with Crippen molar-refractivity contribution in [3.05, 3.63) is 34.4 Å². The number of phenols is 1. The fraction of sp³-hybridized carbons (Fsp3) is 0.520. The van der Waals surface area contributed by atoms with Crippen molar-refractivity contribution in [2.45, 2.75) is 50.7 Å². The minimum Gasteiger partial charge on any atom is -0.507 e. The average molecular weight is 489 g/mol. The van der Waals surface area contributed by atoms with Gasteiger partial charge in [-0.1, -0.05) is 6.07 Å². The number of hydrogen-bond acceptors (Lipinski definition) is 9. The maximum Gasteiger partial charge on any atom is 0.225 e. The number of aliphatic hydroxyl groups is 3. The monoisotopic (exact) mass is 488 g/mol. The lowest BCUT2D eigenvalue weighted by atomic mass is 9.59. The van der Waals surface area contributed by atoms with Crippen LogP contribution in [0.1, 0.15) is 42.9 Å². The molecule has 0 heterocycles. The highest BCUT2D eigenvalue weighted by atomic mass is 16.3. The van der Waals surface area contributed by atoms with Gasteiger partial charge in [-0.05, 0) is 63.4 Å². The predicted molar refractivity (Wildman–Crippen MR) is 125 cm³/mol. The molecule has 3 rings (SSSR count). The molecule has 1 aromatic rings. The molecule has 1 fully saturated rings. The van der Waals surface area contributed by atoms with E-state index in [-0.39, 0.29) is 41.9 Å². The number of nitrogens with two attached hydrogens (primary N) is 1. The molecule has 10 heteroatoms. The van der Waals surface area contributed by atoms with Gasteiger partial charge in [-0.15, -0.1) is 0 Å². The molecule has 6 N–H and O–H groups in total. The van der Waals surface area contributed by atoms with E-state index in [1.807, 2.05) is 0 Å². The Hall–Kier alpha value is -3.08. The Balaban J connectivity index is 2.20. The van der Waals surface area contributed by atoms with Crippen molar-refractivity contribution in [2.24, 2.45) is 17.6 Å². The van der Waals surface area contributed by atoms with Crippen LogP contribution in [-0.4, -0.2) is 80.9 Å². The molecule has 10 nitrogen and oxygen atoms in total. The number of amides is 1. The molecule has 2 aliphatic carbocycles. The van der Waals surface area contributed by atoms with Gasteiger partial charge >= 0.3 is 0 Å². The lowest BCUT2D eigenvalue weighted by molar-refractivity contribution is -0.163. The quantitative estimate of drug-likeness (QED) is 0.300. The van der Waals surface area contributed by atoms with E-state index in [9.17, 15) is 39.6 Å². The summed E-state index contributed by atoms with van der Waals surface area (Å²) in [6.45, 7) is 0.989. The van der Waals surface area contributed by atoms with Crippen molar-refractivity contribution in [3.8, 4) is 5.75 Å². The Bertz CT molecular complexity index is 1110. The average Bonchev–Trinajstić information content (AvgIpc) is 2.75. The first-order valence-corrected chi connectivity index (χ1v) is 11.5. The molecule has 0 aliphatic heterocycles. The summed E-state index contributed by atoms with van der Waals surface area (Å²) in [5, 5.41) is 43.3. The summed E-state index contributed by atoms with van der Waals surface area (Å²) in [4.78, 5) is 51.4. The van der Waals surface area contributed by atoms with E-state index in [4.69, 9.17) is 5.73 Å². The molecule has 4 atom stereocenters. The Labute approximate surface area is 203 Å². The number of ketones is 3. The Morgan fingerprint density at radius 2 is 1.89 bits per heavy atom. The predicted octanol–water partition coefficient (Wildman–Crippen LogP) is 0.0423. The third-order valence-corrected chi connectivity index (χ3v) is 7.23. The standard InChI is InChI=1S/C25H32N2O8/c1-12(29)4-5-13-6-7-18(30)22-15(13)8-14-9-16(17(11-28)27(2)3)25(35,19(31)10-20(26)32)24(34)21(14)23(22)33/h6-7,14,16-17,28,30,33,35H,4-5,8-11H2,1-3H3,(H2,26,32)/t14-,16-,17+,25+/m0/s1. The van der Waals surface area contributed by atoms with Gasteiger partial charge in [0.2, 0.25) is 11.7 Å². The molecular weight excluding hydrogens is 456 g/mol. The van der Waals surface area contributed by atoms with Crippen molar-refractivity contribution in [1.29, 1.82) is 0 Å². The first kappa shape index (κ1) is 26.5. The molecular formula is C25H32N2O8. The first-order valence-electron chi connectivity index (χ1n) is 11.5. The van der Waals surface area contributed by atoms with Gasteiger partial charge in [0, 0.05) is 24.0 Å². The van der Waals surface area contributed by atoms with Crippen LogP contribution in [0.15, 0.2) is 17.7 Å². The van der Waals surface area contributed by atoms with Crippen LogP contribution in [0.3, 0.4) is 0 Å². The van der Waals surface area contributed by atoms with Gasteiger partial charge < -0.3 is 35.9 Å². The van der Waals surface area contributed by atoms with Crippen LogP contribution in [0, 0.1) is 11.8 Å². The van der Waals surface area contributed by atoms with E-state index >= 15 is 0 Å². The number of hydrogen-bond donors (Lipinski definition) is 5. The van der Waals surface area contributed by atoms with E-state index in [2.05, 4.69) is 0 Å². The number of likely N-dealkylation sites (N-methyl/N-ethyl adjacent to an activating group) is 1. The SMILES string of the molecule is CC(=O)CCc1ccc(O)c2c1C[C@H]1C[C@@H]([C@@H](CO)N(C)C)[C@@](O)(C(=O)CC(N)=O)C(=O)C1=C2O. The second-order valence-corrected chi connectivity index (χ2v) is 9.68. The minimum absolute atomic E-state index is 0.0224. The fourth-order valence-corrected chi connectivity index (χ4v) is 5.45. The summed E-state index contributed by atoms with van der Waals surface area (Å²) in [5.41, 5.74) is 3.61. The minimum atomic E-state index is -2.70. The lowest BCUT2D eigenvalue weighted by Gasteiger charge is -2.47. The van der Waals surface area contributed by atoms with Crippen molar-refractivity contribution < 1.29 is 39.6 Å². The maximum absolute atomic E-state index is 13.7. The largest absolute Gasteiger partial charge is 0.507 e. The van der Waals surface area contributed by atoms with E-state index in [1.165, 1.54) is 13.0 Å². The molecule has 0 unspecified atom stereocenters. The number of benzene rings is 1. The molecule has 2 aliphatic rings. The number of aliphatic hydroxyl groups excluding tert-OH is 2. The third kappa shape index (κ3) is 4.61. The van der Waals surface area contributed by atoms with Gasteiger partial charge in [0.05, 0.1) is 18.6 Å². The van der Waals surface area contributed by atoms with Crippen molar-refractivity contribution in [2.75, 3.05) is 20.7 Å². The maximum atomic E-state index is 13.7. The normalized spacial score (nSPS) is 24.7. The molecule has 35 heavy (non-hydrogen) atoms. The number of fused-ring (bicyclic) bond motifs is 2. The molecule has 0 spiro atoms. The van der Waals surface area contributed by atoms with Crippen LogP contribution in [0.2, 0.25) is 0 Å². The zero-order chi connectivity index (χ0) is 26.2. The summed E-state index contributed by atoms with van der Waals surface area (Å²) in [5.74, 6) is -5.77. The van der Waals surface area contributed by atoms with Gasteiger partial charge in [-0.3, -0.25) is 14.4 Å². The number of carbonyl (C=O) groups excluding carboxylic acids is 4. The summed E-state index contributed by atoms with van der Waals surface area (Å²) in [6, 6.07) is 2.22. The molecule has 0 aromatic heterocycles. The van der Waals surface area contributed by atoms with E-state index in [0.717, 1.165) is 5.56 Å². The number of primary amides is 1. The highest BCUT2D eigenvalue weighted by Gasteiger charge is 2.60. The molecule has 1 saturated carbocycles. The van der Waals surface area contributed by atoms with Gasteiger partial charge in [-0.2, -0.15) is 0 Å². The van der Waals surface area contributed by atoms with Gasteiger partial charge in [0.1, 0.15) is 17.3 Å². The van der Waals surface area contributed by atoms with Crippen molar-refractivity contribution >= 4 is 29.0 Å². The van der Waals surface area contributed by atoms with Crippen LogP contribution in [0.4, 0.5) is 0 Å².